The molecule has 2 aromatic carbocycles. The molecule has 6 heteroatoms. The molecule has 0 aliphatic rings. The maximum atomic E-state index is 13.1. The van der Waals surface area contributed by atoms with Gasteiger partial charge in [0.15, 0.2) is 0 Å². The van der Waals surface area contributed by atoms with Crippen LogP contribution in [0.25, 0.3) is 10.8 Å². The standard InChI is InChI=1S/C13H10F3NO2/c1-19-10-6-5-7-8(11(10)13(14,15)16)3-2-4-9(7)12(17)18/h2-6H,1H3,(H2,17,18). The molecular weight excluding hydrogens is 259 g/mol. The van der Waals surface area contributed by atoms with Crippen LogP contribution in [-0.4, -0.2) is 13.0 Å². The summed E-state index contributed by atoms with van der Waals surface area (Å²) in [5.41, 5.74) is 4.30. The van der Waals surface area contributed by atoms with Gasteiger partial charge in [-0.3, -0.25) is 4.79 Å². The van der Waals surface area contributed by atoms with Crippen LogP contribution in [0.4, 0.5) is 13.2 Å². The van der Waals surface area contributed by atoms with E-state index in [9.17, 15) is 18.0 Å². The van der Waals surface area contributed by atoms with Crippen LogP contribution >= 0.6 is 0 Å². The minimum Gasteiger partial charge on any atom is -0.496 e. The minimum absolute atomic E-state index is 0.0469. The molecule has 3 nitrogen and oxygen atoms in total. The predicted octanol–water partition coefficient (Wildman–Crippen LogP) is 2.97. The molecule has 0 heterocycles. The van der Waals surface area contributed by atoms with E-state index in [0.717, 1.165) is 7.11 Å². The fourth-order valence-electron chi connectivity index (χ4n) is 2.02. The molecular formula is C13H10F3NO2. The lowest BCUT2D eigenvalue weighted by Gasteiger charge is -2.15. The summed E-state index contributed by atoms with van der Waals surface area (Å²) >= 11 is 0. The van der Waals surface area contributed by atoms with Crippen molar-refractivity contribution in [3.63, 3.8) is 0 Å². The third kappa shape index (κ3) is 2.21. The van der Waals surface area contributed by atoms with Crippen molar-refractivity contribution in [2.45, 2.75) is 6.18 Å². The summed E-state index contributed by atoms with van der Waals surface area (Å²) in [7, 11) is 1.16. The molecule has 1 amide bonds. The number of halogens is 3. The Kier molecular flexibility index (Phi) is 3.09. The fourth-order valence-corrected chi connectivity index (χ4v) is 2.02. The number of benzene rings is 2. The van der Waals surface area contributed by atoms with Crippen LogP contribution in [0.3, 0.4) is 0 Å². The Hall–Kier alpha value is -2.24. The van der Waals surface area contributed by atoms with Gasteiger partial charge in [-0.1, -0.05) is 12.1 Å². The highest BCUT2D eigenvalue weighted by Crippen LogP contribution is 2.41. The van der Waals surface area contributed by atoms with Crippen LogP contribution < -0.4 is 10.5 Å². The molecule has 0 atom stereocenters. The summed E-state index contributed by atoms with van der Waals surface area (Å²) < 4.78 is 44.0. The molecule has 2 rings (SSSR count). The summed E-state index contributed by atoms with van der Waals surface area (Å²) in [6, 6.07) is 6.60. The highest BCUT2D eigenvalue weighted by atomic mass is 19.4. The molecule has 0 saturated heterocycles. The molecule has 0 saturated carbocycles. The molecule has 0 spiro atoms. The van der Waals surface area contributed by atoms with Crippen molar-refractivity contribution in [2.75, 3.05) is 7.11 Å². The van der Waals surface area contributed by atoms with Crippen LogP contribution in [-0.2, 0) is 6.18 Å². The molecule has 0 bridgehead atoms. The molecule has 2 aromatic rings. The van der Waals surface area contributed by atoms with Gasteiger partial charge in [0.05, 0.1) is 7.11 Å². The number of fused-ring (bicyclic) bond motifs is 1. The fraction of sp³-hybridized carbons (Fsp3) is 0.154. The number of methoxy groups -OCH3 is 1. The monoisotopic (exact) mass is 269 g/mol. The Bertz CT molecular complexity index is 650. The molecule has 0 aromatic heterocycles. The van der Waals surface area contributed by atoms with Gasteiger partial charge in [0, 0.05) is 5.56 Å². The first-order valence-corrected chi connectivity index (χ1v) is 5.33. The van der Waals surface area contributed by atoms with Crippen molar-refractivity contribution in [3.8, 4) is 5.75 Å². The number of carbonyl (C=O) groups is 1. The van der Waals surface area contributed by atoms with Crippen LogP contribution in [0.2, 0.25) is 0 Å². The topological polar surface area (TPSA) is 52.3 Å². The average molecular weight is 269 g/mol. The number of hydrogen-bond acceptors (Lipinski definition) is 2. The van der Waals surface area contributed by atoms with Gasteiger partial charge in [0.1, 0.15) is 11.3 Å². The lowest BCUT2D eigenvalue weighted by molar-refractivity contribution is -0.137. The van der Waals surface area contributed by atoms with Gasteiger partial charge >= 0.3 is 6.18 Å². The average Bonchev–Trinajstić information content (AvgIpc) is 2.34. The summed E-state index contributed by atoms with van der Waals surface area (Å²) in [5, 5.41) is 0.0475. The van der Waals surface area contributed by atoms with Gasteiger partial charge in [0.2, 0.25) is 5.91 Å². The molecule has 0 aliphatic heterocycles. The van der Waals surface area contributed by atoms with Gasteiger partial charge in [0.25, 0.3) is 0 Å². The van der Waals surface area contributed by atoms with Crippen LogP contribution in [0.15, 0.2) is 30.3 Å². The SMILES string of the molecule is COc1ccc2c(C(N)=O)cccc2c1C(F)(F)F. The Labute approximate surface area is 106 Å². The zero-order valence-corrected chi connectivity index (χ0v) is 9.91. The number of carbonyl (C=O) groups excluding carboxylic acids is 1. The Balaban J connectivity index is 2.91. The summed E-state index contributed by atoms with van der Waals surface area (Å²) in [6.45, 7) is 0. The summed E-state index contributed by atoms with van der Waals surface area (Å²) in [5.74, 6) is -1.06. The normalized spacial score (nSPS) is 11.6. The Morgan fingerprint density at radius 2 is 1.84 bits per heavy atom. The van der Waals surface area contributed by atoms with Crippen LogP contribution in [0, 0.1) is 0 Å². The van der Waals surface area contributed by atoms with E-state index >= 15 is 0 Å². The second-order valence-electron chi connectivity index (χ2n) is 3.91. The zero-order chi connectivity index (χ0) is 14.2. The van der Waals surface area contributed by atoms with Crippen molar-refractivity contribution in [1.82, 2.24) is 0 Å². The largest absolute Gasteiger partial charge is 0.496 e. The first kappa shape index (κ1) is 13.2. The van der Waals surface area contributed by atoms with Gasteiger partial charge < -0.3 is 10.5 Å². The third-order valence-corrected chi connectivity index (χ3v) is 2.79. The van der Waals surface area contributed by atoms with E-state index in [1.165, 1.54) is 30.3 Å². The second-order valence-corrected chi connectivity index (χ2v) is 3.91. The second kappa shape index (κ2) is 4.46. The predicted molar refractivity (Wildman–Crippen MR) is 64.0 cm³/mol. The summed E-state index contributed by atoms with van der Waals surface area (Å²) in [6.07, 6.45) is -4.58. The first-order chi connectivity index (χ1) is 8.86. The number of hydrogen-bond donors (Lipinski definition) is 1. The smallest absolute Gasteiger partial charge is 0.420 e. The van der Waals surface area contributed by atoms with Gasteiger partial charge in [-0.2, -0.15) is 13.2 Å². The molecule has 100 valence electrons. The van der Waals surface area contributed by atoms with Crippen molar-refractivity contribution in [3.05, 3.63) is 41.5 Å². The van der Waals surface area contributed by atoms with Crippen molar-refractivity contribution in [2.24, 2.45) is 5.73 Å². The molecule has 0 radical (unpaired) electrons. The third-order valence-electron chi connectivity index (χ3n) is 2.79. The van der Waals surface area contributed by atoms with E-state index in [2.05, 4.69) is 0 Å². The van der Waals surface area contributed by atoms with Gasteiger partial charge in [-0.05, 0) is 29.0 Å². The highest BCUT2D eigenvalue weighted by molar-refractivity contribution is 6.07. The summed E-state index contributed by atoms with van der Waals surface area (Å²) in [4.78, 5) is 11.2. The zero-order valence-electron chi connectivity index (χ0n) is 9.91. The van der Waals surface area contributed by atoms with E-state index in [4.69, 9.17) is 10.5 Å². The van der Waals surface area contributed by atoms with Gasteiger partial charge in [-0.25, -0.2) is 0 Å². The van der Waals surface area contributed by atoms with E-state index < -0.39 is 17.6 Å². The van der Waals surface area contributed by atoms with E-state index in [-0.39, 0.29) is 22.1 Å². The van der Waals surface area contributed by atoms with Crippen LogP contribution in [0.1, 0.15) is 15.9 Å². The lowest BCUT2D eigenvalue weighted by Crippen LogP contribution is -2.13. The number of ether oxygens (including phenoxy) is 1. The molecule has 0 unspecified atom stereocenters. The number of primary amides is 1. The van der Waals surface area contributed by atoms with E-state index in [1.54, 1.807) is 0 Å². The van der Waals surface area contributed by atoms with Crippen molar-refractivity contribution in [1.29, 1.82) is 0 Å². The molecule has 2 N–H and O–H groups in total. The minimum atomic E-state index is -4.58. The maximum Gasteiger partial charge on any atom is 0.420 e. The first-order valence-electron chi connectivity index (χ1n) is 5.33. The molecule has 0 fully saturated rings. The van der Waals surface area contributed by atoms with E-state index in [1.807, 2.05) is 0 Å². The van der Waals surface area contributed by atoms with E-state index in [0.29, 0.717) is 0 Å². The maximum absolute atomic E-state index is 13.1. The van der Waals surface area contributed by atoms with Crippen molar-refractivity contribution < 1.29 is 22.7 Å². The lowest BCUT2D eigenvalue weighted by atomic mass is 9.98. The van der Waals surface area contributed by atoms with Crippen LogP contribution in [0.5, 0.6) is 5.75 Å². The Morgan fingerprint density at radius 1 is 1.16 bits per heavy atom. The number of amides is 1. The van der Waals surface area contributed by atoms with Gasteiger partial charge in [-0.15, -0.1) is 0 Å². The molecule has 19 heavy (non-hydrogen) atoms. The highest BCUT2D eigenvalue weighted by Gasteiger charge is 2.36. The number of rotatable bonds is 2. The number of nitrogens with two attached hydrogens (primary N) is 1. The quantitative estimate of drug-likeness (QED) is 0.911. The number of alkyl halides is 3. The Morgan fingerprint density at radius 3 is 2.37 bits per heavy atom. The molecule has 0 aliphatic carbocycles. The van der Waals surface area contributed by atoms with Crippen molar-refractivity contribution >= 4 is 16.7 Å².